The van der Waals surface area contributed by atoms with Crippen molar-refractivity contribution in [1.82, 2.24) is 15.4 Å². The summed E-state index contributed by atoms with van der Waals surface area (Å²) in [7, 11) is -3.11. The molecular weight excluding hydrogens is 451 g/mol. The van der Waals surface area contributed by atoms with Crippen molar-refractivity contribution in [2.75, 3.05) is 32.4 Å². The molecule has 0 saturated heterocycles. The van der Waals surface area contributed by atoms with Crippen LogP contribution in [0.4, 0.5) is 0 Å². The molecule has 6 nitrogen and oxygen atoms in total. The predicted molar refractivity (Wildman–Crippen MR) is 116 cm³/mol. The number of aliphatic imine (C=N–C) groups is 1. The summed E-state index contributed by atoms with van der Waals surface area (Å²) in [5.74, 6) is 1.10. The van der Waals surface area contributed by atoms with Gasteiger partial charge in [-0.1, -0.05) is 36.8 Å². The molecule has 25 heavy (non-hydrogen) atoms. The number of guanidine groups is 1. The minimum absolute atomic E-state index is 0. The molecule has 0 amide bonds. The molecule has 8 heteroatoms. The number of nitrogens with one attached hydrogen (secondary N) is 3. The molecule has 3 N–H and O–H groups in total. The minimum Gasteiger partial charge on any atom is -0.357 e. The summed E-state index contributed by atoms with van der Waals surface area (Å²) in [6.07, 6.45) is 1.86. The monoisotopic (exact) mass is 482 g/mol. The van der Waals surface area contributed by atoms with E-state index in [9.17, 15) is 8.42 Å². The molecule has 0 fully saturated rings. The zero-order valence-corrected chi connectivity index (χ0v) is 18.6. The molecule has 1 rings (SSSR count). The third kappa shape index (κ3) is 11.4. The van der Waals surface area contributed by atoms with E-state index in [-0.39, 0.29) is 24.0 Å². The first kappa shape index (κ1) is 24.1. The Morgan fingerprint density at radius 2 is 1.80 bits per heavy atom. The molecule has 0 bridgehead atoms. The zero-order valence-electron chi connectivity index (χ0n) is 15.5. The second-order valence-corrected chi connectivity index (χ2v) is 7.81. The zero-order chi connectivity index (χ0) is 18.0. The highest BCUT2D eigenvalue weighted by atomic mass is 127. The lowest BCUT2D eigenvalue weighted by molar-refractivity contribution is 0.584. The molecular formula is C17H31IN4O2S. The highest BCUT2D eigenvalue weighted by molar-refractivity contribution is 14.0. The predicted octanol–water partition coefficient (Wildman–Crippen LogP) is 2.21. The Kier molecular flexibility index (Phi) is 12.0. The van der Waals surface area contributed by atoms with E-state index in [1.165, 1.54) is 17.4 Å². The van der Waals surface area contributed by atoms with Gasteiger partial charge in [-0.05, 0) is 25.8 Å². The first-order valence-electron chi connectivity index (χ1n) is 8.35. The summed E-state index contributed by atoms with van der Waals surface area (Å²) in [6, 6.07) is 8.53. The maximum absolute atomic E-state index is 11.0. The van der Waals surface area contributed by atoms with Gasteiger partial charge in [-0.25, -0.2) is 13.1 Å². The molecule has 1 unspecified atom stereocenters. The normalized spacial score (nSPS) is 13.0. The van der Waals surface area contributed by atoms with E-state index in [1.54, 1.807) is 0 Å². The van der Waals surface area contributed by atoms with Gasteiger partial charge in [0, 0.05) is 32.1 Å². The van der Waals surface area contributed by atoms with Gasteiger partial charge in [0.1, 0.15) is 0 Å². The summed E-state index contributed by atoms with van der Waals surface area (Å²) < 4.78 is 24.5. The van der Waals surface area contributed by atoms with E-state index in [0.29, 0.717) is 32.0 Å². The van der Waals surface area contributed by atoms with Crippen LogP contribution in [0.3, 0.4) is 0 Å². The van der Waals surface area contributed by atoms with Gasteiger partial charge in [0.15, 0.2) is 5.96 Å². The summed E-state index contributed by atoms with van der Waals surface area (Å²) in [4.78, 5) is 4.61. The summed E-state index contributed by atoms with van der Waals surface area (Å²) >= 11 is 0. The third-order valence-corrected chi connectivity index (χ3v) is 4.25. The molecule has 1 aromatic carbocycles. The largest absolute Gasteiger partial charge is 0.357 e. The molecule has 0 aromatic heterocycles. The first-order valence-corrected chi connectivity index (χ1v) is 10.2. The highest BCUT2D eigenvalue weighted by Gasteiger charge is 2.05. The van der Waals surface area contributed by atoms with Crippen molar-refractivity contribution in [3.05, 3.63) is 35.4 Å². The van der Waals surface area contributed by atoms with Crippen LogP contribution in [0.15, 0.2) is 29.3 Å². The number of nitrogens with zero attached hydrogens (tertiary/aromatic N) is 1. The van der Waals surface area contributed by atoms with E-state index in [1.807, 2.05) is 6.92 Å². The molecule has 0 aliphatic carbocycles. The second-order valence-electron chi connectivity index (χ2n) is 5.98. The number of benzene rings is 1. The van der Waals surface area contributed by atoms with Crippen LogP contribution in [-0.2, 0) is 10.0 Å². The van der Waals surface area contributed by atoms with Crippen LogP contribution in [-0.4, -0.2) is 46.8 Å². The van der Waals surface area contributed by atoms with Crippen molar-refractivity contribution in [2.45, 2.75) is 33.1 Å². The summed E-state index contributed by atoms with van der Waals surface area (Å²) in [5, 5.41) is 6.43. The number of rotatable bonds is 9. The molecule has 0 aliphatic heterocycles. The lowest BCUT2D eigenvalue weighted by Crippen LogP contribution is -2.39. The standard InChI is InChI=1S/C17H30N4O2S.HI/c1-5-18-17(19-11-6-12-21-24(4,22)23)20-13-15(3)16-9-7-14(2)8-10-16;/h7-10,15,21H,5-6,11-13H2,1-4H3,(H2,18,19,20);1H. The first-order chi connectivity index (χ1) is 11.3. The Hall–Kier alpha value is -0.870. The van der Waals surface area contributed by atoms with E-state index in [2.05, 4.69) is 58.5 Å². The molecule has 0 heterocycles. The maximum Gasteiger partial charge on any atom is 0.208 e. The van der Waals surface area contributed by atoms with Gasteiger partial charge in [0.2, 0.25) is 10.0 Å². The van der Waals surface area contributed by atoms with Crippen molar-refractivity contribution < 1.29 is 8.42 Å². The SMILES string of the molecule is CCNC(=NCC(C)c1ccc(C)cc1)NCCCNS(C)(=O)=O.I. The van der Waals surface area contributed by atoms with Crippen molar-refractivity contribution in [2.24, 2.45) is 4.99 Å². The lowest BCUT2D eigenvalue weighted by atomic mass is 10.0. The Morgan fingerprint density at radius 3 is 2.36 bits per heavy atom. The van der Waals surface area contributed by atoms with Gasteiger partial charge in [-0.3, -0.25) is 4.99 Å². The Bertz CT molecular complexity index is 618. The Labute approximate surface area is 169 Å². The fourth-order valence-electron chi connectivity index (χ4n) is 2.12. The highest BCUT2D eigenvalue weighted by Crippen LogP contribution is 2.15. The minimum atomic E-state index is -3.11. The molecule has 0 radical (unpaired) electrons. The molecule has 0 spiro atoms. The fourth-order valence-corrected chi connectivity index (χ4v) is 2.64. The van der Waals surface area contributed by atoms with E-state index >= 15 is 0 Å². The smallest absolute Gasteiger partial charge is 0.208 e. The number of aryl methyl sites for hydroxylation is 1. The maximum atomic E-state index is 11.0. The number of halogens is 1. The van der Waals surface area contributed by atoms with E-state index in [4.69, 9.17) is 0 Å². The van der Waals surface area contributed by atoms with Crippen molar-refractivity contribution >= 4 is 40.0 Å². The van der Waals surface area contributed by atoms with Crippen LogP contribution in [0.25, 0.3) is 0 Å². The van der Waals surface area contributed by atoms with Crippen LogP contribution in [0.2, 0.25) is 0 Å². The summed E-state index contributed by atoms with van der Waals surface area (Å²) in [5.41, 5.74) is 2.53. The summed E-state index contributed by atoms with van der Waals surface area (Å²) in [6.45, 7) is 8.82. The molecule has 1 aromatic rings. The average molecular weight is 482 g/mol. The van der Waals surface area contributed by atoms with Crippen LogP contribution >= 0.6 is 24.0 Å². The van der Waals surface area contributed by atoms with Gasteiger partial charge < -0.3 is 10.6 Å². The van der Waals surface area contributed by atoms with Crippen LogP contribution in [0.5, 0.6) is 0 Å². The quantitative estimate of drug-likeness (QED) is 0.218. The van der Waals surface area contributed by atoms with Crippen molar-refractivity contribution in [3.8, 4) is 0 Å². The second kappa shape index (κ2) is 12.5. The van der Waals surface area contributed by atoms with E-state index in [0.717, 1.165) is 12.5 Å². The number of hydrogen-bond donors (Lipinski definition) is 3. The average Bonchev–Trinajstić information content (AvgIpc) is 2.51. The molecule has 0 saturated carbocycles. The van der Waals surface area contributed by atoms with Crippen LogP contribution in [0.1, 0.15) is 37.3 Å². The number of hydrogen-bond acceptors (Lipinski definition) is 3. The van der Waals surface area contributed by atoms with Gasteiger partial charge in [-0.2, -0.15) is 0 Å². The Balaban J connectivity index is 0.00000576. The van der Waals surface area contributed by atoms with Gasteiger partial charge in [0.05, 0.1) is 6.26 Å². The Morgan fingerprint density at radius 1 is 1.16 bits per heavy atom. The van der Waals surface area contributed by atoms with Crippen LogP contribution < -0.4 is 15.4 Å². The molecule has 1 atom stereocenters. The van der Waals surface area contributed by atoms with Crippen LogP contribution in [0, 0.1) is 6.92 Å². The van der Waals surface area contributed by atoms with Gasteiger partial charge in [-0.15, -0.1) is 24.0 Å². The van der Waals surface area contributed by atoms with Gasteiger partial charge in [0.25, 0.3) is 0 Å². The number of sulfonamides is 1. The lowest BCUT2D eigenvalue weighted by Gasteiger charge is -2.14. The fraction of sp³-hybridized carbons (Fsp3) is 0.588. The van der Waals surface area contributed by atoms with Crippen molar-refractivity contribution in [1.29, 1.82) is 0 Å². The van der Waals surface area contributed by atoms with E-state index < -0.39 is 10.0 Å². The third-order valence-electron chi connectivity index (χ3n) is 3.52. The van der Waals surface area contributed by atoms with Crippen molar-refractivity contribution in [3.63, 3.8) is 0 Å². The van der Waals surface area contributed by atoms with Gasteiger partial charge >= 0.3 is 0 Å². The molecule has 0 aliphatic rings. The topological polar surface area (TPSA) is 82.6 Å². The molecule has 144 valence electrons.